The van der Waals surface area contributed by atoms with E-state index in [0.717, 1.165) is 47.8 Å². The second kappa shape index (κ2) is 14.5. The van der Waals surface area contributed by atoms with E-state index in [1.807, 2.05) is 43.3 Å². The number of carbonyl (C=O) groups excluding carboxylic acids is 1. The van der Waals surface area contributed by atoms with E-state index in [1.165, 1.54) is 6.33 Å². The SMILES string of the molecule is C#Cc1cccc(Nc2ncnc3cc(OCCOC)c(OCCCCCCC(=O)OCC)cc23)c1. The van der Waals surface area contributed by atoms with Gasteiger partial charge in [-0.15, -0.1) is 6.42 Å². The number of rotatable bonds is 15. The fourth-order valence-electron chi connectivity index (χ4n) is 3.59. The molecule has 0 saturated heterocycles. The highest BCUT2D eigenvalue weighted by molar-refractivity contribution is 5.93. The molecule has 1 N–H and O–H groups in total. The van der Waals surface area contributed by atoms with Crippen LogP contribution in [0.5, 0.6) is 11.5 Å². The van der Waals surface area contributed by atoms with E-state index in [1.54, 1.807) is 7.11 Å². The number of anilines is 2. The number of nitrogens with one attached hydrogen (secondary N) is 1. The lowest BCUT2D eigenvalue weighted by Gasteiger charge is -2.15. The number of hydrogen-bond acceptors (Lipinski definition) is 8. The number of ether oxygens (including phenoxy) is 4. The minimum atomic E-state index is -0.139. The second-order valence-electron chi connectivity index (χ2n) is 8.05. The summed E-state index contributed by atoms with van der Waals surface area (Å²) in [6, 6.07) is 11.3. The molecule has 0 spiro atoms. The first-order valence-electron chi connectivity index (χ1n) is 12.2. The average molecular weight is 492 g/mol. The number of terminal acetylenes is 1. The summed E-state index contributed by atoms with van der Waals surface area (Å²) in [7, 11) is 1.63. The summed E-state index contributed by atoms with van der Waals surface area (Å²) in [4.78, 5) is 20.3. The van der Waals surface area contributed by atoms with Crippen molar-refractivity contribution >= 4 is 28.4 Å². The zero-order chi connectivity index (χ0) is 25.6. The third kappa shape index (κ3) is 8.14. The van der Waals surface area contributed by atoms with Crippen LogP contribution < -0.4 is 14.8 Å². The summed E-state index contributed by atoms with van der Waals surface area (Å²) in [5, 5.41) is 4.13. The molecular weight excluding hydrogens is 458 g/mol. The van der Waals surface area contributed by atoms with Gasteiger partial charge in [-0.2, -0.15) is 0 Å². The highest BCUT2D eigenvalue weighted by Crippen LogP contribution is 2.35. The standard InChI is InChI=1S/C28H33N3O5/c1-4-21-11-10-12-22(17-21)31-28-23-18-25(35-14-9-7-6-8-13-27(32)34-5-2)26(36-16-15-33-3)19-24(23)29-20-30-28/h1,10-12,17-20H,5-9,13-16H2,2-3H3,(H,29,30,31). The number of fused-ring (bicyclic) bond motifs is 1. The van der Waals surface area contributed by atoms with Crippen LogP contribution in [0.4, 0.5) is 11.5 Å². The number of carbonyl (C=O) groups is 1. The molecule has 190 valence electrons. The van der Waals surface area contributed by atoms with Gasteiger partial charge in [0, 0.05) is 36.2 Å². The topological polar surface area (TPSA) is 91.8 Å². The van der Waals surface area contributed by atoms with Gasteiger partial charge in [0.1, 0.15) is 18.8 Å². The number of methoxy groups -OCH3 is 1. The van der Waals surface area contributed by atoms with Gasteiger partial charge in [-0.3, -0.25) is 4.79 Å². The number of aromatic nitrogens is 2. The maximum atomic E-state index is 11.5. The van der Waals surface area contributed by atoms with Crippen molar-refractivity contribution in [1.29, 1.82) is 0 Å². The lowest BCUT2D eigenvalue weighted by molar-refractivity contribution is -0.143. The van der Waals surface area contributed by atoms with Gasteiger partial charge in [-0.25, -0.2) is 9.97 Å². The molecule has 0 saturated carbocycles. The van der Waals surface area contributed by atoms with Crippen LogP contribution in [0.15, 0.2) is 42.7 Å². The molecule has 0 radical (unpaired) electrons. The first-order chi connectivity index (χ1) is 17.6. The molecule has 0 fully saturated rings. The Morgan fingerprint density at radius 1 is 1.00 bits per heavy atom. The van der Waals surface area contributed by atoms with E-state index in [4.69, 9.17) is 25.4 Å². The quantitative estimate of drug-likeness (QED) is 0.175. The first kappa shape index (κ1) is 26.8. The van der Waals surface area contributed by atoms with E-state index in [-0.39, 0.29) is 5.97 Å². The predicted molar refractivity (Wildman–Crippen MR) is 140 cm³/mol. The molecule has 2 aromatic carbocycles. The second-order valence-corrected chi connectivity index (χ2v) is 8.05. The third-order valence-corrected chi connectivity index (χ3v) is 5.38. The first-order valence-corrected chi connectivity index (χ1v) is 12.2. The Balaban J connectivity index is 1.70. The molecule has 3 aromatic rings. The molecule has 0 atom stereocenters. The van der Waals surface area contributed by atoms with E-state index in [0.29, 0.717) is 50.2 Å². The van der Waals surface area contributed by atoms with Gasteiger partial charge in [0.2, 0.25) is 0 Å². The van der Waals surface area contributed by atoms with E-state index >= 15 is 0 Å². The molecular formula is C28H33N3O5. The minimum Gasteiger partial charge on any atom is -0.490 e. The Hall–Kier alpha value is -3.83. The fraction of sp³-hybridized carbons (Fsp3) is 0.393. The summed E-state index contributed by atoms with van der Waals surface area (Å²) in [5.74, 6) is 4.35. The minimum absolute atomic E-state index is 0.139. The van der Waals surface area contributed by atoms with Gasteiger partial charge in [0.25, 0.3) is 0 Å². The van der Waals surface area contributed by atoms with Gasteiger partial charge >= 0.3 is 5.97 Å². The molecule has 3 rings (SSSR count). The number of unbranched alkanes of at least 4 members (excludes halogenated alkanes) is 3. The van der Waals surface area contributed by atoms with E-state index < -0.39 is 0 Å². The Labute approximate surface area is 212 Å². The fourth-order valence-corrected chi connectivity index (χ4v) is 3.59. The summed E-state index contributed by atoms with van der Waals surface area (Å²) >= 11 is 0. The molecule has 36 heavy (non-hydrogen) atoms. The summed E-state index contributed by atoms with van der Waals surface area (Å²) in [5.41, 5.74) is 2.33. The molecule has 1 heterocycles. The van der Waals surface area contributed by atoms with Gasteiger partial charge in [0.05, 0.1) is 25.3 Å². The third-order valence-electron chi connectivity index (χ3n) is 5.38. The highest BCUT2D eigenvalue weighted by Gasteiger charge is 2.13. The van der Waals surface area contributed by atoms with Crippen molar-refractivity contribution in [3.63, 3.8) is 0 Å². The number of benzene rings is 2. The van der Waals surface area contributed by atoms with E-state index in [2.05, 4.69) is 21.2 Å². The Morgan fingerprint density at radius 2 is 1.81 bits per heavy atom. The van der Waals surface area contributed by atoms with Crippen molar-refractivity contribution in [2.75, 3.05) is 38.9 Å². The van der Waals surface area contributed by atoms with Gasteiger partial charge in [-0.05, 0) is 44.0 Å². The molecule has 0 unspecified atom stereocenters. The monoisotopic (exact) mass is 491 g/mol. The molecule has 0 aliphatic carbocycles. The zero-order valence-electron chi connectivity index (χ0n) is 20.9. The lowest BCUT2D eigenvalue weighted by atomic mass is 10.1. The number of nitrogens with zero attached hydrogens (tertiary/aromatic N) is 2. The van der Waals surface area contributed by atoms with Crippen LogP contribution in [0.1, 0.15) is 44.6 Å². The van der Waals surface area contributed by atoms with Crippen LogP contribution in [-0.4, -0.2) is 49.5 Å². The van der Waals surface area contributed by atoms with Gasteiger partial charge < -0.3 is 24.3 Å². The molecule has 0 bridgehead atoms. The van der Waals surface area contributed by atoms with Crippen LogP contribution in [-0.2, 0) is 14.3 Å². The Bertz CT molecular complexity index is 1180. The van der Waals surface area contributed by atoms with Crippen LogP contribution in [0, 0.1) is 12.3 Å². The van der Waals surface area contributed by atoms with Crippen molar-refractivity contribution in [1.82, 2.24) is 9.97 Å². The maximum absolute atomic E-state index is 11.5. The van der Waals surface area contributed by atoms with Crippen molar-refractivity contribution in [3.05, 3.63) is 48.3 Å². The molecule has 1 aromatic heterocycles. The molecule has 0 aliphatic heterocycles. The largest absolute Gasteiger partial charge is 0.490 e. The molecule has 0 amide bonds. The molecule has 0 aliphatic rings. The van der Waals surface area contributed by atoms with Crippen molar-refractivity contribution in [3.8, 4) is 23.8 Å². The average Bonchev–Trinajstić information content (AvgIpc) is 2.89. The molecule has 8 nitrogen and oxygen atoms in total. The van der Waals surface area contributed by atoms with Crippen LogP contribution in [0.2, 0.25) is 0 Å². The smallest absolute Gasteiger partial charge is 0.305 e. The van der Waals surface area contributed by atoms with E-state index in [9.17, 15) is 4.79 Å². The summed E-state index contributed by atoms with van der Waals surface area (Å²) < 4.78 is 22.1. The van der Waals surface area contributed by atoms with Gasteiger partial charge in [-0.1, -0.05) is 24.8 Å². The summed E-state index contributed by atoms with van der Waals surface area (Å²) in [6.45, 7) is 3.61. The van der Waals surface area contributed by atoms with Crippen molar-refractivity contribution in [2.24, 2.45) is 0 Å². The van der Waals surface area contributed by atoms with Crippen LogP contribution >= 0.6 is 0 Å². The van der Waals surface area contributed by atoms with Crippen molar-refractivity contribution < 1.29 is 23.7 Å². The highest BCUT2D eigenvalue weighted by atomic mass is 16.5. The molecule has 8 heteroatoms. The summed E-state index contributed by atoms with van der Waals surface area (Å²) in [6.07, 6.45) is 11.1. The van der Waals surface area contributed by atoms with Crippen LogP contribution in [0.25, 0.3) is 10.9 Å². The van der Waals surface area contributed by atoms with Crippen molar-refractivity contribution in [2.45, 2.75) is 39.0 Å². The lowest BCUT2D eigenvalue weighted by Crippen LogP contribution is -2.07. The number of esters is 1. The zero-order valence-corrected chi connectivity index (χ0v) is 20.9. The Morgan fingerprint density at radius 3 is 2.61 bits per heavy atom. The normalized spacial score (nSPS) is 10.6. The maximum Gasteiger partial charge on any atom is 0.305 e. The Kier molecular flexibility index (Phi) is 10.8. The van der Waals surface area contributed by atoms with Crippen LogP contribution in [0.3, 0.4) is 0 Å². The van der Waals surface area contributed by atoms with Gasteiger partial charge in [0.15, 0.2) is 11.5 Å². The number of hydrogen-bond donors (Lipinski definition) is 1. The predicted octanol–water partition coefficient (Wildman–Crippen LogP) is 5.27.